The fourth-order valence-electron chi connectivity index (χ4n) is 2.55. The van der Waals surface area contributed by atoms with Crippen molar-refractivity contribution in [2.24, 2.45) is 0 Å². The summed E-state index contributed by atoms with van der Waals surface area (Å²) < 4.78 is 11.1. The van der Waals surface area contributed by atoms with Crippen LogP contribution in [0.25, 0.3) is 0 Å². The minimum absolute atomic E-state index is 0.328. The quantitative estimate of drug-likeness (QED) is 0.783. The first-order valence-electron chi connectivity index (χ1n) is 7.48. The van der Waals surface area contributed by atoms with Crippen LogP contribution in [0, 0.1) is 0 Å². The maximum absolute atomic E-state index is 5.63. The van der Waals surface area contributed by atoms with E-state index < -0.39 is 0 Å². The highest BCUT2D eigenvalue weighted by Gasteiger charge is 2.19. The van der Waals surface area contributed by atoms with E-state index in [4.69, 9.17) is 9.47 Å². The number of fused-ring (bicyclic) bond motifs is 1. The van der Waals surface area contributed by atoms with Crippen molar-refractivity contribution >= 4 is 11.3 Å². The Morgan fingerprint density at radius 1 is 1.09 bits per heavy atom. The average Bonchev–Trinajstić information content (AvgIpc) is 3.16. The van der Waals surface area contributed by atoms with Crippen LogP contribution in [0.1, 0.15) is 11.1 Å². The third kappa shape index (κ3) is 3.80. The van der Waals surface area contributed by atoms with Gasteiger partial charge >= 0.3 is 0 Å². The van der Waals surface area contributed by atoms with Crippen molar-refractivity contribution < 1.29 is 9.47 Å². The topological polar surface area (TPSA) is 24.9 Å². The van der Waals surface area contributed by atoms with Gasteiger partial charge in [0.1, 0.15) is 0 Å². The van der Waals surface area contributed by atoms with Gasteiger partial charge in [0.05, 0.1) is 0 Å². The standard InChI is InChI=1S/C17H22N2O2S/c1-18(2)7-8-19(10-14-6-9-22-12-14)11-15-4-3-5-16-17(15)21-13-20-16/h3-6,9,12H,7-8,10-11,13H2,1-2H3. The molecule has 0 radical (unpaired) electrons. The molecular formula is C17H22N2O2S. The van der Waals surface area contributed by atoms with E-state index in [2.05, 4.69) is 46.8 Å². The van der Waals surface area contributed by atoms with Crippen LogP contribution in [0.3, 0.4) is 0 Å². The first-order chi connectivity index (χ1) is 10.7. The van der Waals surface area contributed by atoms with Crippen molar-refractivity contribution in [1.82, 2.24) is 9.80 Å². The van der Waals surface area contributed by atoms with E-state index >= 15 is 0 Å². The van der Waals surface area contributed by atoms with E-state index in [1.54, 1.807) is 11.3 Å². The monoisotopic (exact) mass is 318 g/mol. The molecule has 1 aromatic heterocycles. The van der Waals surface area contributed by atoms with E-state index in [9.17, 15) is 0 Å². The van der Waals surface area contributed by atoms with Crippen LogP contribution >= 0.6 is 11.3 Å². The van der Waals surface area contributed by atoms with E-state index in [1.807, 2.05) is 12.1 Å². The van der Waals surface area contributed by atoms with Gasteiger partial charge in [-0.05, 0) is 42.6 Å². The van der Waals surface area contributed by atoms with Crippen LogP contribution < -0.4 is 9.47 Å². The fourth-order valence-corrected chi connectivity index (χ4v) is 3.21. The van der Waals surface area contributed by atoms with Crippen LogP contribution in [-0.4, -0.2) is 43.8 Å². The molecule has 0 amide bonds. The third-order valence-corrected chi connectivity index (χ3v) is 4.45. The van der Waals surface area contributed by atoms with Crippen molar-refractivity contribution in [2.45, 2.75) is 13.1 Å². The minimum atomic E-state index is 0.328. The van der Waals surface area contributed by atoms with Gasteiger partial charge in [0.25, 0.3) is 0 Å². The molecule has 3 rings (SSSR count). The molecule has 0 atom stereocenters. The van der Waals surface area contributed by atoms with E-state index in [1.165, 1.54) is 11.1 Å². The summed E-state index contributed by atoms with van der Waals surface area (Å²) in [5.74, 6) is 1.77. The summed E-state index contributed by atoms with van der Waals surface area (Å²) in [5, 5.41) is 4.36. The number of rotatable bonds is 7. The molecular weight excluding hydrogens is 296 g/mol. The largest absolute Gasteiger partial charge is 0.454 e. The van der Waals surface area contributed by atoms with Gasteiger partial charge in [-0.15, -0.1) is 0 Å². The summed E-state index contributed by atoms with van der Waals surface area (Å²) in [6.07, 6.45) is 0. The van der Waals surface area contributed by atoms with Gasteiger partial charge in [-0.25, -0.2) is 0 Å². The number of benzene rings is 1. The van der Waals surface area contributed by atoms with Gasteiger partial charge in [0, 0.05) is 31.7 Å². The van der Waals surface area contributed by atoms with Crippen molar-refractivity contribution in [3.05, 3.63) is 46.2 Å². The van der Waals surface area contributed by atoms with Gasteiger partial charge in [-0.3, -0.25) is 4.90 Å². The SMILES string of the molecule is CN(C)CCN(Cc1ccsc1)Cc1cccc2c1OCO2. The molecule has 2 heterocycles. The third-order valence-electron chi connectivity index (χ3n) is 3.72. The molecule has 22 heavy (non-hydrogen) atoms. The Balaban J connectivity index is 1.73. The first-order valence-corrected chi connectivity index (χ1v) is 8.42. The Morgan fingerprint density at radius 2 is 2.00 bits per heavy atom. The molecule has 1 aromatic carbocycles. The lowest BCUT2D eigenvalue weighted by Gasteiger charge is -2.24. The number of para-hydroxylation sites is 1. The molecule has 0 bridgehead atoms. The highest BCUT2D eigenvalue weighted by atomic mass is 32.1. The summed E-state index contributed by atoms with van der Waals surface area (Å²) in [4.78, 5) is 4.68. The lowest BCUT2D eigenvalue weighted by molar-refractivity contribution is 0.171. The zero-order valence-electron chi connectivity index (χ0n) is 13.1. The van der Waals surface area contributed by atoms with E-state index in [0.717, 1.165) is 37.7 Å². The molecule has 0 aliphatic carbocycles. The number of ether oxygens (including phenoxy) is 2. The smallest absolute Gasteiger partial charge is 0.231 e. The maximum Gasteiger partial charge on any atom is 0.231 e. The Kier molecular flexibility index (Phi) is 4.97. The molecule has 0 spiro atoms. The maximum atomic E-state index is 5.63. The number of nitrogens with zero attached hydrogens (tertiary/aromatic N) is 2. The molecule has 1 aliphatic rings. The van der Waals surface area contributed by atoms with Crippen LogP contribution in [-0.2, 0) is 13.1 Å². The van der Waals surface area contributed by atoms with E-state index in [0.29, 0.717) is 6.79 Å². The van der Waals surface area contributed by atoms with Gasteiger partial charge in [0.15, 0.2) is 11.5 Å². The molecule has 0 N–H and O–H groups in total. The summed E-state index contributed by atoms with van der Waals surface area (Å²) in [7, 11) is 4.22. The molecule has 2 aromatic rings. The Labute approximate surface area is 135 Å². The predicted molar refractivity (Wildman–Crippen MR) is 89.6 cm³/mol. The van der Waals surface area contributed by atoms with Gasteiger partial charge < -0.3 is 14.4 Å². The van der Waals surface area contributed by atoms with Crippen molar-refractivity contribution in [3.8, 4) is 11.5 Å². The predicted octanol–water partition coefficient (Wildman–Crippen LogP) is 3.04. The van der Waals surface area contributed by atoms with Crippen LogP contribution in [0.4, 0.5) is 0 Å². The van der Waals surface area contributed by atoms with Crippen LogP contribution in [0.5, 0.6) is 11.5 Å². The second-order valence-corrected chi connectivity index (χ2v) is 6.58. The van der Waals surface area contributed by atoms with Crippen LogP contribution in [0.15, 0.2) is 35.0 Å². The highest BCUT2D eigenvalue weighted by Crippen LogP contribution is 2.36. The normalized spacial score (nSPS) is 13.3. The molecule has 0 unspecified atom stereocenters. The number of hydrogen-bond acceptors (Lipinski definition) is 5. The van der Waals surface area contributed by atoms with Crippen molar-refractivity contribution in [1.29, 1.82) is 0 Å². The fraction of sp³-hybridized carbons (Fsp3) is 0.412. The minimum Gasteiger partial charge on any atom is -0.454 e. The van der Waals surface area contributed by atoms with E-state index in [-0.39, 0.29) is 0 Å². The average molecular weight is 318 g/mol. The summed E-state index contributed by atoms with van der Waals surface area (Å²) in [5.41, 5.74) is 2.57. The van der Waals surface area contributed by atoms with Gasteiger partial charge in [-0.1, -0.05) is 12.1 Å². The highest BCUT2D eigenvalue weighted by molar-refractivity contribution is 7.07. The Hall–Kier alpha value is -1.56. The molecule has 1 aliphatic heterocycles. The molecule has 5 heteroatoms. The van der Waals surface area contributed by atoms with Crippen molar-refractivity contribution in [2.75, 3.05) is 34.0 Å². The lowest BCUT2D eigenvalue weighted by atomic mass is 10.1. The summed E-state index contributed by atoms with van der Waals surface area (Å²) in [6.45, 7) is 4.22. The molecule has 0 fully saturated rings. The Bertz CT molecular complexity index is 599. The molecule has 4 nitrogen and oxygen atoms in total. The Morgan fingerprint density at radius 3 is 2.77 bits per heavy atom. The number of likely N-dealkylation sites (N-methyl/N-ethyl adjacent to an activating group) is 1. The summed E-state index contributed by atoms with van der Waals surface area (Å²) in [6, 6.07) is 8.33. The molecule has 0 saturated carbocycles. The molecule has 0 saturated heterocycles. The summed E-state index contributed by atoms with van der Waals surface area (Å²) >= 11 is 1.75. The second kappa shape index (κ2) is 7.13. The zero-order valence-corrected chi connectivity index (χ0v) is 13.9. The van der Waals surface area contributed by atoms with Gasteiger partial charge in [-0.2, -0.15) is 11.3 Å². The number of thiophene rings is 1. The lowest BCUT2D eigenvalue weighted by Crippen LogP contribution is -2.31. The number of hydrogen-bond donors (Lipinski definition) is 0. The zero-order chi connectivity index (χ0) is 15.4. The molecule has 118 valence electrons. The second-order valence-electron chi connectivity index (χ2n) is 5.80. The van der Waals surface area contributed by atoms with Gasteiger partial charge in [0.2, 0.25) is 6.79 Å². The van der Waals surface area contributed by atoms with Crippen LogP contribution in [0.2, 0.25) is 0 Å². The van der Waals surface area contributed by atoms with Crippen molar-refractivity contribution in [3.63, 3.8) is 0 Å². The first kappa shape index (κ1) is 15.3.